The summed E-state index contributed by atoms with van der Waals surface area (Å²) in [6.07, 6.45) is 0.457. The van der Waals surface area contributed by atoms with E-state index in [-0.39, 0.29) is 24.1 Å². The van der Waals surface area contributed by atoms with E-state index in [4.69, 9.17) is 0 Å². The summed E-state index contributed by atoms with van der Waals surface area (Å²) in [6, 6.07) is 6.74. The summed E-state index contributed by atoms with van der Waals surface area (Å²) in [6.45, 7) is 0.280. The fraction of sp³-hybridized carbons (Fsp3) is 0.500. The summed E-state index contributed by atoms with van der Waals surface area (Å²) in [5.41, 5.74) is 0.723. The fourth-order valence-electron chi connectivity index (χ4n) is 2.27. The summed E-state index contributed by atoms with van der Waals surface area (Å²) >= 11 is 0. The lowest BCUT2D eigenvalue weighted by Crippen LogP contribution is -2.34. The van der Waals surface area contributed by atoms with Gasteiger partial charge in [0.1, 0.15) is 0 Å². The van der Waals surface area contributed by atoms with E-state index in [9.17, 15) is 16.8 Å². The Morgan fingerprint density at radius 1 is 1.30 bits per heavy atom. The average molecular weight is 318 g/mol. The van der Waals surface area contributed by atoms with Crippen LogP contribution in [0.3, 0.4) is 0 Å². The van der Waals surface area contributed by atoms with Crippen molar-refractivity contribution < 1.29 is 16.8 Å². The minimum Gasteiger partial charge on any atom is -0.309 e. The van der Waals surface area contributed by atoms with Crippen molar-refractivity contribution in [2.45, 2.75) is 17.4 Å². The molecule has 1 aliphatic heterocycles. The molecule has 0 amide bonds. The summed E-state index contributed by atoms with van der Waals surface area (Å²) in [5, 5.41) is 3.12. The van der Waals surface area contributed by atoms with E-state index in [0.717, 1.165) is 5.56 Å². The zero-order valence-electron chi connectivity index (χ0n) is 11.2. The predicted molar refractivity (Wildman–Crippen MR) is 76.7 cm³/mol. The SMILES string of the molecule is CNS(=O)(=O)CCNC1CCS(=O)(=O)c2ccccc21. The topological polar surface area (TPSA) is 92.3 Å². The summed E-state index contributed by atoms with van der Waals surface area (Å²) in [7, 11) is -5.08. The molecule has 20 heavy (non-hydrogen) atoms. The lowest BCUT2D eigenvalue weighted by atomic mass is 10.0. The summed E-state index contributed by atoms with van der Waals surface area (Å²) < 4.78 is 48.9. The molecule has 0 radical (unpaired) electrons. The number of sulfonamides is 1. The van der Waals surface area contributed by atoms with Crippen molar-refractivity contribution in [3.63, 3.8) is 0 Å². The highest BCUT2D eigenvalue weighted by atomic mass is 32.2. The molecule has 1 aromatic carbocycles. The van der Waals surface area contributed by atoms with Gasteiger partial charge in [0, 0.05) is 12.6 Å². The number of sulfone groups is 1. The smallest absolute Gasteiger partial charge is 0.212 e. The molecule has 1 heterocycles. The Bertz CT molecular complexity index is 683. The van der Waals surface area contributed by atoms with Gasteiger partial charge in [-0.25, -0.2) is 21.6 Å². The molecule has 6 nitrogen and oxygen atoms in total. The first-order chi connectivity index (χ1) is 9.36. The Morgan fingerprint density at radius 2 is 2.00 bits per heavy atom. The predicted octanol–water partition coefficient (Wildman–Crippen LogP) is 0.0439. The van der Waals surface area contributed by atoms with Crippen molar-refractivity contribution in [2.24, 2.45) is 0 Å². The molecule has 1 unspecified atom stereocenters. The minimum atomic E-state index is -3.25. The van der Waals surface area contributed by atoms with Crippen LogP contribution in [0.1, 0.15) is 18.0 Å². The third-order valence-electron chi connectivity index (χ3n) is 3.38. The summed E-state index contributed by atoms with van der Waals surface area (Å²) in [5.74, 6) is 0.0510. The molecule has 0 fully saturated rings. The molecule has 1 aromatic rings. The highest BCUT2D eigenvalue weighted by Crippen LogP contribution is 2.31. The average Bonchev–Trinajstić information content (AvgIpc) is 2.42. The Labute approximate surface area is 119 Å². The van der Waals surface area contributed by atoms with Gasteiger partial charge in [0.15, 0.2) is 9.84 Å². The summed E-state index contributed by atoms with van der Waals surface area (Å²) in [4.78, 5) is 0.347. The van der Waals surface area contributed by atoms with Crippen LogP contribution in [0.25, 0.3) is 0 Å². The molecule has 2 rings (SSSR count). The van der Waals surface area contributed by atoms with Crippen LogP contribution in [0, 0.1) is 0 Å². The van der Waals surface area contributed by atoms with E-state index in [2.05, 4.69) is 10.0 Å². The molecule has 0 aromatic heterocycles. The molecule has 1 aliphatic rings. The van der Waals surface area contributed by atoms with Gasteiger partial charge in [0.2, 0.25) is 10.0 Å². The van der Waals surface area contributed by atoms with Crippen LogP contribution < -0.4 is 10.0 Å². The van der Waals surface area contributed by atoms with E-state index in [1.54, 1.807) is 24.3 Å². The molecule has 1 atom stereocenters. The zero-order chi connectivity index (χ0) is 14.8. The maximum absolute atomic E-state index is 12.0. The minimum absolute atomic E-state index is 0.0328. The van der Waals surface area contributed by atoms with Crippen molar-refractivity contribution in [3.8, 4) is 0 Å². The second-order valence-electron chi connectivity index (χ2n) is 4.68. The number of benzene rings is 1. The van der Waals surface area contributed by atoms with E-state index in [1.807, 2.05) is 0 Å². The number of nitrogens with one attached hydrogen (secondary N) is 2. The normalized spacial score (nSPS) is 21.4. The molecule has 0 spiro atoms. The van der Waals surface area contributed by atoms with Crippen molar-refractivity contribution in [1.29, 1.82) is 0 Å². The quantitative estimate of drug-likeness (QED) is 0.800. The molecular weight excluding hydrogens is 300 g/mol. The monoisotopic (exact) mass is 318 g/mol. The third-order valence-corrected chi connectivity index (χ3v) is 6.56. The molecule has 8 heteroatoms. The Kier molecular flexibility index (Phi) is 4.48. The first kappa shape index (κ1) is 15.4. The standard InChI is InChI=1S/C12H18N2O4S2/c1-13-20(17,18)9-7-14-11-6-8-19(15,16)12-5-3-2-4-10(11)12/h2-5,11,13-14H,6-9H2,1H3. The number of fused-ring (bicyclic) bond motifs is 1. The third kappa shape index (κ3) is 3.38. The number of hydrogen-bond donors (Lipinski definition) is 2. The number of rotatable bonds is 5. The first-order valence-electron chi connectivity index (χ1n) is 6.32. The van der Waals surface area contributed by atoms with Gasteiger partial charge in [-0.2, -0.15) is 0 Å². The lowest BCUT2D eigenvalue weighted by molar-refractivity contribution is 0.501. The van der Waals surface area contributed by atoms with Crippen molar-refractivity contribution in [1.82, 2.24) is 10.0 Å². The molecule has 0 bridgehead atoms. The molecule has 2 N–H and O–H groups in total. The largest absolute Gasteiger partial charge is 0.309 e. The van der Waals surface area contributed by atoms with Gasteiger partial charge in [-0.3, -0.25) is 0 Å². The number of hydrogen-bond acceptors (Lipinski definition) is 5. The Hall–Kier alpha value is -0.960. The van der Waals surface area contributed by atoms with E-state index in [1.165, 1.54) is 7.05 Å². The van der Waals surface area contributed by atoms with Crippen molar-refractivity contribution in [3.05, 3.63) is 29.8 Å². The molecule has 0 saturated carbocycles. The fourth-order valence-corrected chi connectivity index (χ4v) is 4.48. The maximum atomic E-state index is 12.0. The van der Waals surface area contributed by atoms with Crippen molar-refractivity contribution in [2.75, 3.05) is 25.1 Å². The van der Waals surface area contributed by atoms with Crippen LogP contribution >= 0.6 is 0 Å². The second kappa shape index (κ2) is 5.80. The highest BCUT2D eigenvalue weighted by molar-refractivity contribution is 7.91. The van der Waals surface area contributed by atoms with Crippen LogP contribution in [-0.2, 0) is 19.9 Å². The van der Waals surface area contributed by atoms with Crippen LogP contribution in [0.4, 0.5) is 0 Å². The molecule has 112 valence electrons. The van der Waals surface area contributed by atoms with Gasteiger partial charge in [-0.1, -0.05) is 18.2 Å². The van der Waals surface area contributed by atoms with Gasteiger partial charge in [0.05, 0.1) is 16.4 Å². The van der Waals surface area contributed by atoms with Crippen LogP contribution in [0.15, 0.2) is 29.2 Å². The van der Waals surface area contributed by atoms with E-state index < -0.39 is 19.9 Å². The lowest BCUT2D eigenvalue weighted by Gasteiger charge is -2.26. The Balaban J connectivity index is 2.12. The Morgan fingerprint density at radius 3 is 2.70 bits per heavy atom. The van der Waals surface area contributed by atoms with Gasteiger partial charge >= 0.3 is 0 Å². The van der Waals surface area contributed by atoms with Gasteiger partial charge in [-0.05, 0) is 25.1 Å². The van der Waals surface area contributed by atoms with E-state index in [0.29, 0.717) is 11.3 Å². The highest BCUT2D eigenvalue weighted by Gasteiger charge is 2.29. The van der Waals surface area contributed by atoms with Crippen LogP contribution in [0.5, 0.6) is 0 Å². The van der Waals surface area contributed by atoms with Gasteiger partial charge in [0.25, 0.3) is 0 Å². The molecule has 0 saturated heterocycles. The molecule has 0 aliphatic carbocycles. The van der Waals surface area contributed by atoms with Gasteiger partial charge in [-0.15, -0.1) is 0 Å². The molecular formula is C12H18N2O4S2. The second-order valence-corrected chi connectivity index (χ2v) is 8.80. The van der Waals surface area contributed by atoms with Gasteiger partial charge < -0.3 is 5.32 Å². The van der Waals surface area contributed by atoms with Crippen LogP contribution in [0.2, 0.25) is 0 Å². The zero-order valence-corrected chi connectivity index (χ0v) is 12.8. The van der Waals surface area contributed by atoms with Crippen LogP contribution in [-0.4, -0.2) is 41.9 Å². The maximum Gasteiger partial charge on any atom is 0.212 e. The van der Waals surface area contributed by atoms with E-state index >= 15 is 0 Å². The first-order valence-corrected chi connectivity index (χ1v) is 9.62. The van der Waals surface area contributed by atoms with Crippen molar-refractivity contribution >= 4 is 19.9 Å².